The third-order valence-corrected chi connectivity index (χ3v) is 3.68. The Labute approximate surface area is 164 Å². The number of halogens is 4. The van der Waals surface area contributed by atoms with E-state index < -0.39 is 18.6 Å². The summed E-state index contributed by atoms with van der Waals surface area (Å²) < 4.78 is 36.8. The van der Waals surface area contributed by atoms with Crippen LogP contribution in [0.25, 0.3) is 0 Å². The van der Waals surface area contributed by atoms with Gasteiger partial charge in [0, 0.05) is 20.1 Å². The summed E-state index contributed by atoms with van der Waals surface area (Å²) in [6.45, 7) is 1.61. The van der Waals surface area contributed by atoms with E-state index in [0.717, 1.165) is 26.3 Å². The number of aliphatic imine (C=N–C) groups is 1. The maximum atomic E-state index is 12.3. The molecule has 1 rings (SSSR count). The molecule has 0 heterocycles. The number of guanidine groups is 1. The van der Waals surface area contributed by atoms with E-state index in [1.54, 1.807) is 0 Å². The van der Waals surface area contributed by atoms with Crippen LogP contribution in [-0.4, -0.2) is 56.2 Å². The zero-order chi connectivity index (χ0) is 18.0. The van der Waals surface area contributed by atoms with Gasteiger partial charge in [0.15, 0.2) is 5.96 Å². The Balaban J connectivity index is 0.00000576. The molecule has 2 N–H and O–H groups in total. The summed E-state index contributed by atoms with van der Waals surface area (Å²) in [5, 5.41) is 6.10. The quantitative estimate of drug-likeness (QED) is 0.257. The second-order valence-corrected chi connectivity index (χ2v) is 5.85. The van der Waals surface area contributed by atoms with Crippen LogP contribution < -0.4 is 10.6 Å². The van der Waals surface area contributed by atoms with Crippen molar-refractivity contribution in [3.8, 4) is 0 Å². The van der Waals surface area contributed by atoms with Crippen molar-refractivity contribution < 1.29 is 18.0 Å². The van der Waals surface area contributed by atoms with Gasteiger partial charge in [-0.3, -0.25) is 4.79 Å². The minimum Gasteiger partial charge on any atom is -0.357 e. The maximum Gasteiger partial charge on any atom is 0.406 e. The van der Waals surface area contributed by atoms with Gasteiger partial charge in [0.1, 0.15) is 13.1 Å². The van der Waals surface area contributed by atoms with Gasteiger partial charge in [-0.05, 0) is 39.0 Å². The van der Waals surface area contributed by atoms with Crippen molar-refractivity contribution in [3.05, 3.63) is 11.6 Å². The van der Waals surface area contributed by atoms with Crippen LogP contribution in [0.1, 0.15) is 39.0 Å². The molecule has 9 heteroatoms. The first-order valence-corrected chi connectivity index (χ1v) is 8.32. The van der Waals surface area contributed by atoms with Crippen molar-refractivity contribution >= 4 is 35.8 Å². The average Bonchev–Trinajstić information content (AvgIpc) is 2.51. The number of alkyl halides is 3. The third kappa shape index (κ3) is 11.3. The van der Waals surface area contributed by atoms with Crippen molar-refractivity contribution in [1.29, 1.82) is 0 Å². The summed E-state index contributed by atoms with van der Waals surface area (Å²) in [4.78, 5) is 16.4. The summed E-state index contributed by atoms with van der Waals surface area (Å²) in [6.07, 6.45) is 3.50. The number of hydrogen-bond donors (Lipinski definition) is 2. The Bertz CT molecular complexity index is 467. The Morgan fingerprint density at radius 1 is 1.32 bits per heavy atom. The zero-order valence-corrected chi connectivity index (χ0v) is 17.1. The van der Waals surface area contributed by atoms with E-state index in [9.17, 15) is 18.0 Å². The molecule has 0 aliphatic heterocycles. The molecule has 0 atom stereocenters. The lowest BCUT2D eigenvalue weighted by atomic mass is 9.97. The molecule has 0 unspecified atom stereocenters. The molecule has 0 bridgehead atoms. The van der Waals surface area contributed by atoms with Crippen LogP contribution >= 0.6 is 24.0 Å². The van der Waals surface area contributed by atoms with Crippen molar-refractivity contribution in [2.75, 3.05) is 33.2 Å². The van der Waals surface area contributed by atoms with Gasteiger partial charge in [0.2, 0.25) is 5.91 Å². The average molecular weight is 476 g/mol. The molecule has 1 amide bonds. The highest BCUT2D eigenvalue weighted by atomic mass is 127. The number of carbonyl (C=O) groups excluding carboxylic acids is 1. The first-order valence-electron chi connectivity index (χ1n) is 8.32. The number of nitrogens with zero attached hydrogens (tertiary/aromatic N) is 2. The number of carbonyl (C=O) groups is 1. The van der Waals surface area contributed by atoms with Gasteiger partial charge < -0.3 is 15.5 Å². The molecule has 25 heavy (non-hydrogen) atoms. The number of hydrogen-bond acceptors (Lipinski definition) is 2. The Kier molecular flexibility index (Phi) is 11.9. The molecule has 1 aliphatic rings. The molecular formula is C16H28F3IN4O. The van der Waals surface area contributed by atoms with Crippen LogP contribution in [0.15, 0.2) is 16.6 Å². The highest BCUT2D eigenvalue weighted by molar-refractivity contribution is 14.0. The fourth-order valence-electron chi connectivity index (χ4n) is 2.44. The fourth-order valence-corrected chi connectivity index (χ4v) is 2.44. The molecule has 0 spiro atoms. The minimum absolute atomic E-state index is 0. The highest BCUT2D eigenvalue weighted by Gasteiger charge is 2.30. The molecule has 5 nitrogen and oxygen atoms in total. The van der Waals surface area contributed by atoms with E-state index in [1.165, 1.54) is 18.4 Å². The zero-order valence-electron chi connectivity index (χ0n) is 14.8. The summed E-state index contributed by atoms with van der Waals surface area (Å²) in [6, 6.07) is 0. The largest absolute Gasteiger partial charge is 0.406 e. The topological polar surface area (TPSA) is 56.7 Å². The van der Waals surface area contributed by atoms with Gasteiger partial charge in [0.05, 0.1) is 0 Å². The van der Waals surface area contributed by atoms with Crippen molar-refractivity contribution in [2.24, 2.45) is 4.99 Å². The Morgan fingerprint density at radius 2 is 2.04 bits per heavy atom. The van der Waals surface area contributed by atoms with E-state index in [1.807, 2.05) is 6.92 Å². The van der Waals surface area contributed by atoms with Gasteiger partial charge in [-0.15, -0.1) is 24.0 Å². The van der Waals surface area contributed by atoms with E-state index >= 15 is 0 Å². The molecule has 0 fully saturated rings. The lowest BCUT2D eigenvalue weighted by Gasteiger charge is -2.18. The lowest BCUT2D eigenvalue weighted by molar-refractivity contribution is -0.157. The molecule has 0 saturated heterocycles. The number of likely N-dealkylation sites (N-methyl/N-ethyl adjacent to an activating group) is 1. The second kappa shape index (κ2) is 12.4. The first-order chi connectivity index (χ1) is 11.3. The molecule has 0 radical (unpaired) electrons. The summed E-state index contributed by atoms with van der Waals surface area (Å²) in [7, 11) is 1.13. The molecule has 146 valence electrons. The minimum atomic E-state index is -4.40. The summed E-state index contributed by atoms with van der Waals surface area (Å²) in [5.74, 6) is -0.220. The van der Waals surface area contributed by atoms with Crippen LogP contribution in [0.5, 0.6) is 0 Å². The fraction of sp³-hybridized carbons (Fsp3) is 0.750. The predicted molar refractivity (Wildman–Crippen MR) is 104 cm³/mol. The van der Waals surface area contributed by atoms with E-state index in [-0.39, 0.29) is 30.5 Å². The van der Waals surface area contributed by atoms with Gasteiger partial charge in [-0.25, -0.2) is 4.99 Å². The third-order valence-electron chi connectivity index (χ3n) is 3.68. The number of rotatable bonds is 7. The molecule has 0 saturated carbocycles. The monoisotopic (exact) mass is 476 g/mol. The van der Waals surface area contributed by atoms with Gasteiger partial charge in [0.25, 0.3) is 0 Å². The summed E-state index contributed by atoms with van der Waals surface area (Å²) in [5.41, 5.74) is 1.42. The second-order valence-electron chi connectivity index (χ2n) is 5.85. The van der Waals surface area contributed by atoms with E-state index in [4.69, 9.17) is 0 Å². The van der Waals surface area contributed by atoms with E-state index in [0.29, 0.717) is 23.9 Å². The first kappa shape index (κ1) is 24.0. The van der Waals surface area contributed by atoms with Crippen LogP contribution in [0, 0.1) is 0 Å². The van der Waals surface area contributed by atoms with Crippen molar-refractivity contribution in [3.63, 3.8) is 0 Å². The van der Waals surface area contributed by atoms with Gasteiger partial charge >= 0.3 is 6.18 Å². The molecule has 0 aromatic rings. The van der Waals surface area contributed by atoms with Crippen LogP contribution in [0.3, 0.4) is 0 Å². The number of amides is 1. The molecule has 0 aromatic heterocycles. The number of nitrogens with one attached hydrogen (secondary N) is 2. The normalized spacial score (nSPS) is 15.1. The van der Waals surface area contributed by atoms with Crippen LogP contribution in [0.2, 0.25) is 0 Å². The van der Waals surface area contributed by atoms with Crippen LogP contribution in [0.4, 0.5) is 13.2 Å². The lowest BCUT2D eigenvalue weighted by Crippen LogP contribution is -2.40. The molecule has 0 aromatic carbocycles. The van der Waals surface area contributed by atoms with Gasteiger partial charge in [-0.1, -0.05) is 11.6 Å². The molecular weight excluding hydrogens is 448 g/mol. The Morgan fingerprint density at radius 3 is 2.60 bits per heavy atom. The van der Waals surface area contributed by atoms with Crippen molar-refractivity contribution in [2.45, 2.75) is 45.2 Å². The Hall–Kier alpha value is -1.00. The van der Waals surface area contributed by atoms with E-state index in [2.05, 4.69) is 21.7 Å². The summed E-state index contributed by atoms with van der Waals surface area (Å²) >= 11 is 0. The van der Waals surface area contributed by atoms with Crippen LogP contribution in [-0.2, 0) is 4.79 Å². The SMILES string of the molecule is CCNC(=NCC(=O)N(C)CC(F)(F)F)NCCC1=CCCCC1.I. The number of allylic oxidation sites excluding steroid dienone is 1. The molecule has 1 aliphatic carbocycles. The predicted octanol–water partition coefficient (Wildman–Crippen LogP) is 3.07. The highest BCUT2D eigenvalue weighted by Crippen LogP contribution is 2.19. The van der Waals surface area contributed by atoms with Gasteiger partial charge in [-0.2, -0.15) is 13.2 Å². The van der Waals surface area contributed by atoms with Crippen molar-refractivity contribution in [1.82, 2.24) is 15.5 Å². The smallest absolute Gasteiger partial charge is 0.357 e. The maximum absolute atomic E-state index is 12.3. The standard InChI is InChI=1S/C16H27F3N4O.HI/c1-3-20-15(21-10-9-13-7-5-4-6-8-13)22-11-14(24)23(2)12-16(17,18)19;/h7H,3-6,8-12H2,1-2H3,(H2,20,21,22);1H.